The summed E-state index contributed by atoms with van der Waals surface area (Å²) in [5.74, 6) is -0.0749. The van der Waals surface area contributed by atoms with E-state index in [1.807, 2.05) is 45.6 Å². The van der Waals surface area contributed by atoms with Gasteiger partial charge in [-0.2, -0.15) is 0 Å². The van der Waals surface area contributed by atoms with Gasteiger partial charge in [0.05, 0.1) is 12.6 Å². The van der Waals surface area contributed by atoms with E-state index >= 15 is 4.39 Å². The minimum absolute atomic E-state index is 0.166. The highest BCUT2D eigenvalue weighted by atomic mass is 19.1. The van der Waals surface area contributed by atoms with Crippen molar-refractivity contribution in [2.24, 2.45) is 5.41 Å². The number of aryl methyl sites for hydroxylation is 1. The van der Waals surface area contributed by atoms with Crippen LogP contribution in [0.5, 0.6) is 5.75 Å². The molecular formula is C34H51FN2O5. The summed E-state index contributed by atoms with van der Waals surface area (Å²) in [6.07, 6.45) is 1.55. The van der Waals surface area contributed by atoms with Gasteiger partial charge in [0.1, 0.15) is 17.2 Å². The summed E-state index contributed by atoms with van der Waals surface area (Å²) in [4.78, 5) is 28.9. The lowest BCUT2D eigenvalue weighted by Crippen LogP contribution is -2.56. The van der Waals surface area contributed by atoms with Crippen molar-refractivity contribution in [1.29, 1.82) is 0 Å². The molecule has 0 aromatic heterocycles. The molecule has 0 heterocycles. The van der Waals surface area contributed by atoms with Crippen LogP contribution in [0, 0.1) is 11.2 Å². The zero-order chi connectivity index (χ0) is 31.7. The summed E-state index contributed by atoms with van der Waals surface area (Å²) < 4.78 is 31.8. The highest BCUT2D eigenvalue weighted by Gasteiger charge is 2.37. The quantitative estimate of drug-likeness (QED) is 0.244. The van der Waals surface area contributed by atoms with E-state index in [1.54, 1.807) is 31.4 Å². The summed E-state index contributed by atoms with van der Waals surface area (Å²) in [5, 5.41) is 2.88. The van der Waals surface area contributed by atoms with Crippen LogP contribution in [0.3, 0.4) is 0 Å². The Morgan fingerprint density at radius 2 is 1.67 bits per heavy atom. The van der Waals surface area contributed by atoms with Gasteiger partial charge < -0.3 is 24.4 Å². The molecule has 0 aliphatic heterocycles. The second-order valence-corrected chi connectivity index (χ2v) is 13.0. The Balaban J connectivity index is 2.63. The minimum Gasteiger partial charge on any atom is -0.493 e. The van der Waals surface area contributed by atoms with Crippen LogP contribution < -0.4 is 10.1 Å². The highest BCUT2D eigenvalue weighted by molar-refractivity contribution is 5.98. The van der Waals surface area contributed by atoms with Gasteiger partial charge in [-0.05, 0) is 70.2 Å². The van der Waals surface area contributed by atoms with E-state index in [9.17, 15) is 9.59 Å². The molecule has 0 unspecified atom stereocenters. The predicted octanol–water partition coefficient (Wildman–Crippen LogP) is 7.65. The van der Waals surface area contributed by atoms with E-state index in [-0.39, 0.29) is 35.8 Å². The third kappa shape index (κ3) is 10.0. The van der Waals surface area contributed by atoms with Crippen LogP contribution in [-0.4, -0.2) is 61.5 Å². The highest BCUT2D eigenvalue weighted by Crippen LogP contribution is 2.37. The third-order valence-electron chi connectivity index (χ3n) is 6.83. The Labute approximate surface area is 252 Å². The molecule has 0 saturated carbocycles. The Morgan fingerprint density at radius 3 is 2.21 bits per heavy atom. The molecule has 0 fully saturated rings. The van der Waals surface area contributed by atoms with E-state index in [0.717, 1.165) is 12.0 Å². The van der Waals surface area contributed by atoms with Gasteiger partial charge in [0.2, 0.25) is 0 Å². The molecule has 2 aromatic rings. The number of nitrogens with zero attached hydrogens (tertiary/aromatic N) is 1. The fourth-order valence-corrected chi connectivity index (χ4v) is 4.89. The Hall–Kier alpha value is -3.13. The number of nitrogens with one attached hydrogen (secondary N) is 1. The van der Waals surface area contributed by atoms with Gasteiger partial charge in [-0.3, -0.25) is 4.79 Å². The SMILES string of the molecule is CCCc1cc(-c2ccccc2F)c(OCCCOC)cc1C(=O)N(C(C)C)[C@@H](CNC(=O)OC(C)(C)C)C(C)(C)C. The Kier molecular flexibility index (Phi) is 12.8. The number of carbonyl (C=O) groups excluding carboxylic acids is 2. The number of ether oxygens (including phenoxy) is 3. The topological polar surface area (TPSA) is 77.1 Å². The summed E-state index contributed by atoms with van der Waals surface area (Å²) in [7, 11) is 1.63. The van der Waals surface area contributed by atoms with Crippen molar-refractivity contribution in [3.63, 3.8) is 0 Å². The van der Waals surface area contributed by atoms with Crippen LogP contribution in [0.25, 0.3) is 11.1 Å². The minimum atomic E-state index is -0.635. The van der Waals surface area contributed by atoms with Crippen molar-refractivity contribution in [2.45, 2.75) is 99.3 Å². The van der Waals surface area contributed by atoms with E-state index in [2.05, 4.69) is 33.0 Å². The molecule has 0 radical (unpaired) electrons. The maximum Gasteiger partial charge on any atom is 0.407 e. The molecular weight excluding hydrogens is 535 g/mol. The molecule has 0 bridgehead atoms. The van der Waals surface area contributed by atoms with Gasteiger partial charge in [-0.1, -0.05) is 52.3 Å². The standard InChI is InChI=1S/C34H51FN2O5/c1-11-15-24-20-27(25-16-12-13-17-28(25)35)29(41-19-14-18-40-10)21-26(24)31(38)37(23(2)3)30(33(4,5)6)22-36-32(39)42-34(7,8)9/h12-13,16-17,20-21,23,30H,11,14-15,18-19,22H2,1-10H3,(H,36,39)/t30-/m0/s1. The molecule has 8 heteroatoms. The van der Waals surface area contributed by atoms with Crippen LogP contribution in [0.15, 0.2) is 36.4 Å². The summed E-state index contributed by atoms with van der Waals surface area (Å²) in [6.45, 7) is 18.7. The molecule has 7 nitrogen and oxygen atoms in total. The summed E-state index contributed by atoms with van der Waals surface area (Å²) in [6, 6.07) is 9.73. The molecule has 234 valence electrons. The molecule has 0 aliphatic carbocycles. The van der Waals surface area contributed by atoms with E-state index in [4.69, 9.17) is 14.2 Å². The van der Waals surface area contributed by atoms with Gasteiger partial charge >= 0.3 is 6.09 Å². The predicted molar refractivity (Wildman–Crippen MR) is 167 cm³/mol. The number of alkyl carbamates (subject to hydrolysis) is 1. The van der Waals surface area contributed by atoms with Crippen LogP contribution in [0.2, 0.25) is 0 Å². The van der Waals surface area contributed by atoms with Crippen LogP contribution in [0.1, 0.15) is 91.1 Å². The first-order chi connectivity index (χ1) is 19.6. The third-order valence-corrected chi connectivity index (χ3v) is 6.83. The van der Waals surface area contributed by atoms with E-state index < -0.39 is 11.7 Å². The van der Waals surface area contributed by atoms with Gasteiger partial charge in [-0.25, -0.2) is 9.18 Å². The number of hydrogen-bond acceptors (Lipinski definition) is 5. The van der Waals surface area contributed by atoms with Crippen molar-refractivity contribution >= 4 is 12.0 Å². The van der Waals surface area contributed by atoms with E-state index in [0.29, 0.717) is 48.5 Å². The average molecular weight is 587 g/mol. The number of halogens is 1. The maximum atomic E-state index is 15.0. The fraction of sp³-hybridized carbons (Fsp3) is 0.588. The number of methoxy groups -OCH3 is 1. The molecule has 2 rings (SSSR count). The monoisotopic (exact) mass is 586 g/mol. The molecule has 1 N–H and O–H groups in total. The zero-order valence-corrected chi connectivity index (χ0v) is 27.2. The summed E-state index contributed by atoms with van der Waals surface area (Å²) in [5.41, 5.74) is 1.36. The molecule has 0 aliphatic rings. The van der Waals surface area contributed by atoms with E-state index in [1.165, 1.54) is 6.07 Å². The fourth-order valence-electron chi connectivity index (χ4n) is 4.89. The smallest absolute Gasteiger partial charge is 0.407 e. The lowest BCUT2D eigenvalue weighted by atomic mass is 9.84. The molecule has 2 aromatic carbocycles. The van der Waals surface area contributed by atoms with Crippen molar-refractivity contribution < 1.29 is 28.2 Å². The molecule has 2 amide bonds. The number of rotatable bonds is 13. The number of benzene rings is 2. The zero-order valence-electron chi connectivity index (χ0n) is 27.2. The first-order valence-corrected chi connectivity index (χ1v) is 14.9. The van der Waals surface area contributed by atoms with Crippen molar-refractivity contribution in [3.05, 3.63) is 53.3 Å². The number of carbonyl (C=O) groups is 2. The number of amides is 2. The van der Waals surface area contributed by atoms with Crippen molar-refractivity contribution in [1.82, 2.24) is 10.2 Å². The van der Waals surface area contributed by atoms with Crippen molar-refractivity contribution in [2.75, 3.05) is 26.9 Å². The van der Waals surface area contributed by atoms with Crippen LogP contribution in [-0.2, 0) is 15.9 Å². The summed E-state index contributed by atoms with van der Waals surface area (Å²) >= 11 is 0. The molecule has 0 saturated heterocycles. The van der Waals surface area contributed by atoms with Gasteiger partial charge in [0.25, 0.3) is 5.91 Å². The Morgan fingerprint density at radius 1 is 1.00 bits per heavy atom. The first-order valence-electron chi connectivity index (χ1n) is 14.9. The van der Waals surface area contributed by atoms with Crippen molar-refractivity contribution in [3.8, 4) is 16.9 Å². The maximum absolute atomic E-state index is 15.0. The largest absolute Gasteiger partial charge is 0.493 e. The van der Waals surface area contributed by atoms with Gasteiger partial charge in [0, 0.05) is 49.4 Å². The van der Waals surface area contributed by atoms with Gasteiger partial charge in [0.15, 0.2) is 0 Å². The lowest BCUT2D eigenvalue weighted by Gasteiger charge is -2.43. The lowest BCUT2D eigenvalue weighted by molar-refractivity contribution is 0.0334. The second kappa shape index (κ2) is 15.4. The normalized spacial score (nSPS) is 12.7. The average Bonchev–Trinajstić information content (AvgIpc) is 2.87. The Bertz CT molecular complexity index is 1180. The molecule has 1 atom stereocenters. The molecule has 42 heavy (non-hydrogen) atoms. The molecule has 0 spiro atoms. The van der Waals surface area contributed by atoms with Crippen LogP contribution in [0.4, 0.5) is 9.18 Å². The van der Waals surface area contributed by atoms with Crippen LogP contribution >= 0.6 is 0 Å². The number of hydrogen-bond donors (Lipinski definition) is 1. The second-order valence-electron chi connectivity index (χ2n) is 13.0. The van der Waals surface area contributed by atoms with Gasteiger partial charge in [-0.15, -0.1) is 0 Å². The first kappa shape index (κ1) is 35.1.